The van der Waals surface area contributed by atoms with Crippen LogP contribution in [0.25, 0.3) is 0 Å². The highest BCUT2D eigenvalue weighted by molar-refractivity contribution is 5.95. The van der Waals surface area contributed by atoms with E-state index in [0.717, 1.165) is 0 Å². The van der Waals surface area contributed by atoms with Crippen molar-refractivity contribution in [3.8, 4) is 0 Å². The van der Waals surface area contributed by atoms with E-state index in [0.29, 0.717) is 5.56 Å². The Morgan fingerprint density at radius 1 is 1.04 bits per heavy atom. The number of hydrogen-bond donors (Lipinski definition) is 2. The molecular weight excluding hydrogens is 337 g/mol. The molecule has 0 saturated heterocycles. The fraction of sp³-hybridized carbons (Fsp3) is 0.471. The number of hydrogen-bond acceptors (Lipinski definition) is 3. The fourth-order valence-corrected chi connectivity index (χ4v) is 2.27. The van der Waals surface area contributed by atoms with Crippen molar-refractivity contribution >= 4 is 17.6 Å². The molecule has 2 atom stereocenters. The zero-order valence-corrected chi connectivity index (χ0v) is 14.2. The summed E-state index contributed by atoms with van der Waals surface area (Å²) >= 11 is 0. The minimum Gasteiger partial charge on any atom is -0.344 e. The van der Waals surface area contributed by atoms with E-state index < -0.39 is 35.9 Å². The number of alkyl halides is 3. The Bertz CT molecular complexity index is 615. The molecule has 0 heterocycles. The van der Waals surface area contributed by atoms with Crippen molar-refractivity contribution in [2.75, 3.05) is 0 Å². The summed E-state index contributed by atoms with van der Waals surface area (Å²) in [5.74, 6) is -3.71. The molecule has 1 aromatic rings. The molecular formula is C17H21F3N2O3. The number of nitrogens with one attached hydrogen (secondary N) is 2. The first-order valence-corrected chi connectivity index (χ1v) is 7.74. The van der Waals surface area contributed by atoms with Crippen molar-refractivity contribution < 1.29 is 27.6 Å². The summed E-state index contributed by atoms with van der Waals surface area (Å²) in [5.41, 5.74) is 0.478. The number of ketones is 1. The molecule has 0 radical (unpaired) electrons. The van der Waals surface area contributed by atoms with Gasteiger partial charge in [-0.25, -0.2) is 0 Å². The molecule has 1 aromatic carbocycles. The van der Waals surface area contributed by atoms with Gasteiger partial charge in [-0.05, 0) is 11.5 Å². The first-order valence-electron chi connectivity index (χ1n) is 7.74. The molecule has 0 aromatic heterocycles. The summed E-state index contributed by atoms with van der Waals surface area (Å²) in [6.45, 7) is 4.47. The average molecular weight is 358 g/mol. The van der Waals surface area contributed by atoms with Gasteiger partial charge in [-0.1, -0.05) is 44.2 Å². The van der Waals surface area contributed by atoms with Gasteiger partial charge in [0.2, 0.25) is 11.8 Å². The second-order valence-electron chi connectivity index (χ2n) is 6.04. The molecule has 5 nitrogen and oxygen atoms in total. The van der Waals surface area contributed by atoms with Crippen LogP contribution in [0.4, 0.5) is 13.2 Å². The van der Waals surface area contributed by atoms with Crippen molar-refractivity contribution in [2.45, 2.75) is 45.5 Å². The Balaban J connectivity index is 3.00. The van der Waals surface area contributed by atoms with E-state index >= 15 is 0 Å². The van der Waals surface area contributed by atoms with Gasteiger partial charge in [-0.2, -0.15) is 13.2 Å². The normalized spacial score (nSPS) is 13.9. The second kappa shape index (κ2) is 8.64. The molecule has 1 rings (SSSR count). The minimum absolute atomic E-state index is 0.296. The standard InChI is InChI=1S/C17H21F3N2O3/c1-10(2)14(21-11(3)23)16(25)22-13(15(24)17(18,19)20)9-12-7-5-4-6-8-12/h4-8,10,13-14H,9H2,1-3H3,(H,21,23)(H,22,25)/t13-,14-/m0/s1. The van der Waals surface area contributed by atoms with Crippen LogP contribution in [-0.2, 0) is 20.8 Å². The molecule has 0 aliphatic carbocycles. The van der Waals surface area contributed by atoms with Crippen LogP contribution in [0.2, 0.25) is 0 Å². The number of amides is 2. The van der Waals surface area contributed by atoms with E-state index in [1.807, 2.05) is 0 Å². The summed E-state index contributed by atoms with van der Waals surface area (Å²) in [6.07, 6.45) is -5.37. The molecule has 2 amide bonds. The molecule has 0 saturated carbocycles. The fourth-order valence-electron chi connectivity index (χ4n) is 2.27. The maximum atomic E-state index is 12.9. The van der Waals surface area contributed by atoms with Crippen LogP contribution in [0.15, 0.2) is 30.3 Å². The van der Waals surface area contributed by atoms with E-state index in [4.69, 9.17) is 0 Å². The molecule has 0 bridgehead atoms. The molecule has 2 N–H and O–H groups in total. The van der Waals surface area contributed by atoms with Crippen molar-refractivity contribution in [2.24, 2.45) is 5.92 Å². The molecule has 8 heteroatoms. The Morgan fingerprint density at radius 2 is 1.60 bits per heavy atom. The number of benzene rings is 1. The maximum absolute atomic E-state index is 12.9. The predicted octanol–water partition coefficient (Wildman–Crippen LogP) is 2.01. The molecule has 0 fully saturated rings. The molecule has 138 valence electrons. The number of halogens is 3. The zero-order chi connectivity index (χ0) is 19.2. The van der Waals surface area contributed by atoms with E-state index in [2.05, 4.69) is 10.6 Å². The SMILES string of the molecule is CC(=O)N[C@H](C(=O)N[C@@H](Cc1ccccc1)C(=O)C(F)(F)F)C(C)C. The summed E-state index contributed by atoms with van der Waals surface area (Å²) < 4.78 is 38.6. The van der Waals surface area contributed by atoms with Crippen LogP contribution in [0.5, 0.6) is 0 Å². The molecule has 0 aliphatic heterocycles. The second-order valence-corrected chi connectivity index (χ2v) is 6.04. The van der Waals surface area contributed by atoms with Crippen LogP contribution in [0.1, 0.15) is 26.3 Å². The van der Waals surface area contributed by atoms with E-state index in [1.165, 1.54) is 6.92 Å². The highest BCUT2D eigenvalue weighted by Crippen LogP contribution is 2.20. The Hall–Kier alpha value is -2.38. The lowest BCUT2D eigenvalue weighted by Gasteiger charge is -2.25. The topological polar surface area (TPSA) is 75.3 Å². The zero-order valence-electron chi connectivity index (χ0n) is 14.2. The highest BCUT2D eigenvalue weighted by atomic mass is 19.4. The molecule has 25 heavy (non-hydrogen) atoms. The van der Waals surface area contributed by atoms with E-state index in [1.54, 1.807) is 44.2 Å². The van der Waals surface area contributed by atoms with E-state index in [9.17, 15) is 27.6 Å². The van der Waals surface area contributed by atoms with Gasteiger partial charge in [0.1, 0.15) is 12.1 Å². The van der Waals surface area contributed by atoms with Crippen LogP contribution in [0, 0.1) is 5.92 Å². The van der Waals surface area contributed by atoms with Gasteiger partial charge >= 0.3 is 6.18 Å². The summed E-state index contributed by atoms with van der Waals surface area (Å²) in [7, 11) is 0. The third-order valence-corrected chi connectivity index (χ3v) is 3.50. The molecule has 0 aliphatic rings. The van der Waals surface area contributed by atoms with Crippen LogP contribution >= 0.6 is 0 Å². The summed E-state index contributed by atoms with van der Waals surface area (Å²) in [6, 6.07) is 5.28. The Morgan fingerprint density at radius 3 is 2.04 bits per heavy atom. The Labute approximate surface area is 144 Å². The number of Topliss-reactive ketones (excluding diaryl/α,β-unsaturated/α-hetero) is 1. The van der Waals surface area contributed by atoms with Gasteiger partial charge in [0.05, 0.1) is 0 Å². The third kappa shape index (κ3) is 6.56. The summed E-state index contributed by atoms with van der Waals surface area (Å²) in [5, 5.41) is 4.52. The lowest BCUT2D eigenvalue weighted by molar-refractivity contribution is -0.173. The smallest absolute Gasteiger partial charge is 0.344 e. The quantitative estimate of drug-likeness (QED) is 0.783. The predicted molar refractivity (Wildman–Crippen MR) is 85.6 cm³/mol. The monoisotopic (exact) mass is 358 g/mol. The molecule has 0 spiro atoms. The molecule has 0 unspecified atom stereocenters. The Kier molecular flexibility index (Phi) is 7.14. The highest BCUT2D eigenvalue weighted by Gasteiger charge is 2.44. The van der Waals surface area contributed by atoms with Gasteiger partial charge in [-0.3, -0.25) is 14.4 Å². The number of carbonyl (C=O) groups is 3. The summed E-state index contributed by atoms with van der Waals surface area (Å²) in [4.78, 5) is 35.2. The van der Waals surface area contributed by atoms with Gasteiger partial charge in [0, 0.05) is 13.3 Å². The first-order chi connectivity index (χ1) is 11.5. The van der Waals surface area contributed by atoms with Gasteiger partial charge in [0.25, 0.3) is 5.78 Å². The lowest BCUT2D eigenvalue weighted by atomic mass is 9.99. The lowest BCUT2D eigenvalue weighted by Crippen LogP contribution is -2.55. The van der Waals surface area contributed by atoms with Crippen molar-refractivity contribution in [1.82, 2.24) is 10.6 Å². The number of carbonyl (C=O) groups excluding carboxylic acids is 3. The van der Waals surface area contributed by atoms with Gasteiger partial charge in [0.15, 0.2) is 0 Å². The number of rotatable bonds is 7. The van der Waals surface area contributed by atoms with E-state index in [-0.39, 0.29) is 12.3 Å². The first kappa shape index (κ1) is 20.7. The average Bonchev–Trinajstić information content (AvgIpc) is 2.50. The third-order valence-electron chi connectivity index (χ3n) is 3.50. The van der Waals surface area contributed by atoms with Crippen molar-refractivity contribution in [3.05, 3.63) is 35.9 Å². The van der Waals surface area contributed by atoms with Crippen LogP contribution in [-0.4, -0.2) is 35.9 Å². The van der Waals surface area contributed by atoms with Crippen molar-refractivity contribution in [3.63, 3.8) is 0 Å². The minimum atomic E-state index is -5.08. The van der Waals surface area contributed by atoms with Gasteiger partial charge < -0.3 is 10.6 Å². The largest absolute Gasteiger partial charge is 0.452 e. The van der Waals surface area contributed by atoms with Crippen LogP contribution < -0.4 is 10.6 Å². The van der Waals surface area contributed by atoms with Gasteiger partial charge in [-0.15, -0.1) is 0 Å². The van der Waals surface area contributed by atoms with Crippen LogP contribution in [0.3, 0.4) is 0 Å². The van der Waals surface area contributed by atoms with Crippen molar-refractivity contribution in [1.29, 1.82) is 0 Å². The maximum Gasteiger partial charge on any atom is 0.452 e.